The molecular weight excluding hydrogens is 220 g/mol. The topological polar surface area (TPSA) is 33.2 Å². The van der Waals surface area contributed by atoms with Gasteiger partial charge in [0, 0.05) is 30.7 Å². The number of Topliss-reactive ketones (excluding diaryl/α,β-unsaturated/α-hetero) is 1. The van der Waals surface area contributed by atoms with Crippen LogP contribution < -0.4 is 0 Å². The minimum atomic E-state index is 0.248. The first-order valence-corrected chi connectivity index (χ1v) is 6.65. The highest BCUT2D eigenvalue weighted by molar-refractivity contribution is 7.09. The molecule has 0 radical (unpaired) electrons. The number of carbonyl (C=O) groups excluding carboxylic acids is 1. The minimum Gasteiger partial charge on any atom is -0.306 e. The Morgan fingerprint density at radius 1 is 1.69 bits per heavy atom. The largest absolute Gasteiger partial charge is 0.306 e. The van der Waals surface area contributed by atoms with E-state index in [1.165, 1.54) is 18.7 Å². The van der Waals surface area contributed by atoms with Crippen LogP contribution >= 0.6 is 11.3 Å². The van der Waals surface area contributed by atoms with Crippen molar-refractivity contribution in [2.45, 2.75) is 32.1 Å². The van der Waals surface area contributed by atoms with Crippen molar-refractivity contribution in [2.75, 3.05) is 20.1 Å². The van der Waals surface area contributed by atoms with E-state index in [4.69, 9.17) is 0 Å². The van der Waals surface area contributed by atoms with E-state index in [0.29, 0.717) is 12.3 Å². The Kier molecular flexibility index (Phi) is 3.71. The highest BCUT2D eigenvalue weighted by Gasteiger charge is 2.23. The number of carbonyl (C=O) groups is 1. The Morgan fingerprint density at radius 2 is 2.50 bits per heavy atom. The molecule has 0 bridgehead atoms. The van der Waals surface area contributed by atoms with Crippen LogP contribution in [0.15, 0.2) is 5.38 Å². The third-order valence-electron chi connectivity index (χ3n) is 3.07. The number of aryl methyl sites for hydroxylation is 1. The van der Waals surface area contributed by atoms with Gasteiger partial charge in [-0.2, -0.15) is 0 Å². The second-order valence-corrected chi connectivity index (χ2v) is 5.56. The second kappa shape index (κ2) is 5.06. The molecule has 88 valence electrons. The van der Waals surface area contributed by atoms with Crippen molar-refractivity contribution in [1.82, 2.24) is 9.88 Å². The number of thiazole rings is 1. The van der Waals surface area contributed by atoms with E-state index in [1.54, 1.807) is 18.3 Å². The standard InChI is InChI=1S/C12H18N2OS/c1-9(15)3-4-12-13-11(8-16-12)10-5-6-14(2)7-10/h8,10H,3-7H2,1-2H3. The van der Waals surface area contributed by atoms with E-state index in [0.717, 1.165) is 18.0 Å². The molecule has 2 heterocycles. The van der Waals surface area contributed by atoms with Gasteiger partial charge in [0.15, 0.2) is 0 Å². The van der Waals surface area contributed by atoms with Gasteiger partial charge in [-0.1, -0.05) is 0 Å². The van der Waals surface area contributed by atoms with Crippen molar-refractivity contribution in [3.05, 3.63) is 16.1 Å². The van der Waals surface area contributed by atoms with Crippen LogP contribution in [0.2, 0.25) is 0 Å². The summed E-state index contributed by atoms with van der Waals surface area (Å²) >= 11 is 1.70. The highest BCUT2D eigenvalue weighted by atomic mass is 32.1. The summed E-state index contributed by atoms with van der Waals surface area (Å²) in [6.07, 6.45) is 2.65. The number of likely N-dealkylation sites (tertiary alicyclic amines) is 1. The second-order valence-electron chi connectivity index (χ2n) is 4.62. The first-order valence-electron chi connectivity index (χ1n) is 5.77. The maximum Gasteiger partial charge on any atom is 0.130 e. The highest BCUT2D eigenvalue weighted by Crippen LogP contribution is 2.27. The third-order valence-corrected chi connectivity index (χ3v) is 4.00. The van der Waals surface area contributed by atoms with Gasteiger partial charge >= 0.3 is 0 Å². The molecule has 0 N–H and O–H groups in total. The fourth-order valence-corrected chi connectivity index (χ4v) is 2.97. The van der Waals surface area contributed by atoms with E-state index in [2.05, 4.69) is 22.3 Å². The van der Waals surface area contributed by atoms with Crippen molar-refractivity contribution in [3.63, 3.8) is 0 Å². The van der Waals surface area contributed by atoms with Gasteiger partial charge in [0.25, 0.3) is 0 Å². The molecule has 16 heavy (non-hydrogen) atoms. The molecule has 0 saturated carbocycles. The molecule has 1 aromatic heterocycles. The molecule has 1 fully saturated rings. The summed E-state index contributed by atoms with van der Waals surface area (Å²) in [4.78, 5) is 17.9. The lowest BCUT2D eigenvalue weighted by Crippen LogP contribution is -2.13. The number of aromatic nitrogens is 1. The molecule has 4 heteroatoms. The number of likely N-dealkylation sites (N-methyl/N-ethyl adjacent to an activating group) is 1. The summed E-state index contributed by atoms with van der Waals surface area (Å²) in [5.74, 6) is 0.852. The Labute approximate surface area is 100 Å². The molecule has 1 aliphatic heterocycles. The molecule has 3 nitrogen and oxygen atoms in total. The maximum absolute atomic E-state index is 10.9. The quantitative estimate of drug-likeness (QED) is 0.805. The predicted octanol–water partition coefficient (Wildman–Crippen LogP) is 2.08. The van der Waals surface area contributed by atoms with Gasteiger partial charge in [0.1, 0.15) is 5.78 Å². The van der Waals surface area contributed by atoms with Crippen LogP contribution in [-0.4, -0.2) is 35.8 Å². The Bertz CT molecular complexity index is 375. The smallest absolute Gasteiger partial charge is 0.130 e. The number of rotatable bonds is 4. The average molecular weight is 238 g/mol. The van der Waals surface area contributed by atoms with E-state index >= 15 is 0 Å². The molecule has 0 spiro atoms. The minimum absolute atomic E-state index is 0.248. The van der Waals surface area contributed by atoms with Gasteiger partial charge in [0.2, 0.25) is 0 Å². The summed E-state index contributed by atoms with van der Waals surface area (Å²) in [5.41, 5.74) is 1.23. The zero-order valence-electron chi connectivity index (χ0n) is 9.90. The van der Waals surface area contributed by atoms with Gasteiger partial charge in [-0.05, 0) is 26.9 Å². The summed E-state index contributed by atoms with van der Waals surface area (Å²) in [6.45, 7) is 3.93. The maximum atomic E-state index is 10.9. The zero-order valence-corrected chi connectivity index (χ0v) is 10.7. The molecule has 1 unspecified atom stereocenters. The van der Waals surface area contributed by atoms with Crippen LogP contribution in [0.4, 0.5) is 0 Å². The fourth-order valence-electron chi connectivity index (χ4n) is 2.09. The van der Waals surface area contributed by atoms with E-state index in [1.807, 2.05) is 0 Å². The SMILES string of the molecule is CC(=O)CCc1nc(C2CCN(C)C2)cs1. The molecule has 1 atom stereocenters. The first-order chi connectivity index (χ1) is 7.65. The van der Waals surface area contributed by atoms with Gasteiger partial charge in [-0.3, -0.25) is 0 Å². The fraction of sp³-hybridized carbons (Fsp3) is 0.667. The van der Waals surface area contributed by atoms with Crippen molar-refractivity contribution in [1.29, 1.82) is 0 Å². The zero-order chi connectivity index (χ0) is 11.5. The Morgan fingerprint density at radius 3 is 3.12 bits per heavy atom. The molecule has 2 rings (SSSR count). The van der Waals surface area contributed by atoms with Gasteiger partial charge < -0.3 is 9.69 Å². The van der Waals surface area contributed by atoms with Crippen LogP contribution in [0, 0.1) is 0 Å². The van der Waals surface area contributed by atoms with Crippen LogP contribution in [0.3, 0.4) is 0 Å². The van der Waals surface area contributed by atoms with Crippen molar-refractivity contribution in [3.8, 4) is 0 Å². The van der Waals surface area contributed by atoms with E-state index in [-0.39, 0.29) is 5.78 Å². The van der Waals surface area contributed by atoms with Crippen LogP contribution in [0.1, 0.15) is 36.4 Å². The summed E-state index contributed by atoms with van der Waals surface area (Å²) in [5, 5.41) is 3.28. The van der Waals surface area contributed by atoms with Crippen molar-refractivity contribution < 1.29 is 4.79 Å². The molecular formula is C12H18N2OS. The molecule has 0 aromatic carbocycles. The summed E-state index contributed by atoms with van der Waals surface area (Å²) in [7, 11) is 2.16. The van der Waals surface area contributed by atoms with Crippen LogP contribution in [-0.2, 0) is 11.2 Å². The predicted molar refractivity (Wildman–Crippen MR) is 66.0 cm³/mol. The number of ketones is 1. The van der Waals surface area contributed by atoms with Gasteiger partial charge in [-0.25, -0.2) is 4.98 Å². The molecule has 1 aliphatic rings. The lowest BCUT2D eigenvalue weighted by atomic mass is 10.1. The Balaban J connectivity index is 1.94. The first kappa shape index (κ1) is 11.7. The molecule has 1 aromatic rings. The monoisotopic (exact) mass is 238 g/mol. The van der Waals surface area contributed by atoms with Crippen molar-refractivity contribution >= 4 is 17.1 Å². The lowest BCUT2D eigenvalue weighted by Gasteiger charge is -2.06. The normalized spacial score (nSPS) is 21.5. The van der Waals surface area contributed by atoms with Crippen LogP contribution in [0.25, 0.3) is 0 Å². The Hall–Kier alpha value is -0.740. The number of hydrogen-bond donors (Lipinski definition) is 0. The van der Waals surface area contributed by atoms with E-state index in [9.17, 15) is 4.79 Å². The van der Waals surface area contributed by atoms with Crippen molar-refractivity contribution in [2.24, 2.45) is 0 Å². The molecule has 0 aliphatic carbocycles. The van der Waals surface area contributed by atoms with Crippen LogP contribution in [0.5, 0.6) is 0 Å². The number of hydrogen-bond acceptors (Lipinski definition) is 4. The van der Waals surface area contributed by atoms with Gasteiger partial charge in [-0.15, -0.1) is 11.3 Å². The summed E-state index contributed by atoms with van der Waals surface area (Å²) in [6, 6.07) is 0. The summed E-state index contributed by atoms with van der Waals surface area (Å²) < 4.78 is 0. The van der Waals surface area contributed by atoms with E-state index < -0.39 is 0 Å². The lowest BCUT2D eigenvalue weighted by molar-refractivity contribution is -0.116. The average Bonchev–Trinajstić information content (AvgIpc) is 2.83. The third kappa shape index (κ3) is 2.89. The molecule has 1 saturated heterocycles. The number of nitrogens with zero attached hydrogens (tertiary/aromatic N) is 2. The van der Waals surface area contributed by atoms with Gasteiger partial charge in [0.05, 0.1) is 10.7 Å². The molecule has 0 amide bonds.